The van der Waals surface area contributed by atoms with Gasteiger partial charge in [0.1, 0.15) is 11.6 Å². The second-order valence-electron chi connectivity index (χ2n) is 7.06. The van der Waals surface area contributed by atoms with Crippen LogP contribution in [0.1, 0.15) is 22.3 Å². The van der Waals surface area contributed by atoms with Crippen molar-refractivity contribution in [1.82, 2.24) is 4.90 Å². The number of rotatable bonds is 5. The number of imide groups is 1. The molecule has 0 aromatic heterocycles. The number of aromatic hydroxyl groups is 1. The van der Waals surface area contributed by atoms with Crippen LogP contribution in [-0.4, -0.2) is 21.2 Å². The third kappa shape index (κ3) is 4.81. The van der Waals surface area contributed by atoms with Crippen molar-refractivity contribution < 1.29 is 19.1 Å². The van der Waals surface area contributed by atoms with Gasteiger partial charge in [0.2, 0.25) is 0 Å². The number of thioether (sulfide) groups is 1. The highest BCUT2D eigenvalue weighted by Gasteiger charge is 2.35. The van der Waals surface area contributed by atoms with Crippen molar-refractivity contribution in [1.29, 1.82) is 0 Å². The standard InChI is InChI=1S/C24H17ClFNO3S/c25-20-4-2-1-3-17(20)11-16-7-10-21(28)18(12-16)13-22-23(29)27(24(30)31-22)14-15-5-8-19(26)9-6-15/h1-10,12-13,28H,11,14H2/b22-13-. The summed E-state index contributed by atoms with van der Waals surface area (Å²) in [4.78, 5) is 26.5. The molecule has 0 unspecified atom stereocenters. The molecule has 1 aliphatic rings. The van der Waals surface area contributed by atoms with Gasteiger partial charge in [-0.25, -0.2) is 4.39 Å². The Morgan fingerprint density at radius 1 is 1.00 bits per heavy atom. The van der Waals surface area contributed by atoms with Gasteiger partial charge >= 0.3 is 0 Å². The highest BCUT2D eigenvalue weighted by Crippen LogP contribution is 2.35. The molecular formula is C24H17ClFNO3S. The Bertz CT molecular complexity index is 1190. The Morgan fingerprint density at radius 2 is 1.71 bits per heavy atom. The molecule has 0 saturated carbocycles. The van der Waals surface area contributed by atoms with Crippen LogP contribution in [0.3, 0.4) is 0 Å². The molecule has 156 valence electrons. The molecule has 3 aromatic rings. The molecule has 1 heterocycles. The number of phenols is 1. The molecule has 31 heavy (non-hydrogen) atoms. The largest absolute Gasteiger partial charge is 0.507 e. The number of amides is 2. The predicted molar refractivity (Wildman–Crippen MR) is 120 cm³/mol. The Morgan fingerprint density at radius 3 is 2.45 bits per heavy atom. The fraction of sp³-hybridized carbons (Fsp3) is 0.0833. The minimum atomic E-state index is -0.449. The molecule has 1 aliphatic heterocycles. The Kier molecular flexibility index (Phi) is 6.11. The van der Waals surface area contributed by atoms with Gasteiger partial charge in [0.05, 0.1) is 11.4 Å². The van der Waals surface area contributed by atoms with Crippen LogP contribution in [0.2, 0.25) is 5.02 Å². The second-order valence-corrected chi connectivity index (χ2v) is 8.46. The second kappa shape index (κ2) is 8.96. The lowest BCUT2D eigenvalue weighted by Gasteiger charge is -2.12. The van der Waals surface area contributed by atoms with Crippen molar-refractivity contribution in [2.75, 3.05) is 0 Å². The Hall–Kier alpha value is -3.09. The van der Waals surface area contributed by atoms with Crippen molar-refractivity contribution in [3.05, 3.63) is 105 Å². The topological polar surface area (TPSA) is 57.6 Å². The van der Waals surface area contributed by atoms with Crippen molar-refractivity contribution in [2.45, 2.75) is 13.0 Å². The van der Waals surface area contributed by atoms with Crippen LogP contribution >= 0.6 is 23.4 Å². The van der Waals surface area contributed by atoms with Gasteiger partial charge in [0, 0.05) is 10.6 Å². The van der Waals surface area contributed by atoms with Gasteiger partial charge in [0.15, 0.2) is 0 Å². The van der Waals surface area contributed by atoms with Gasteiger partial charge in [-0.2, -0.15) is 0 Å². The summed E-state index contributed by atoms with van der Waals surface area (Å²) in [5.74, 6) is -0.826. The summed E-state index contributed by atoms with van der Waals surface area (Å²) < 4.78 is 13.1. The lowest BCUT2D eigenvalue weighted by Crippen LogP contribution is -2.27. The van der Waals surface area contributed by atoms with Crippen LogP contribution in [0.25, 0.3) is 6.08 Å². The first kappa shape index (κ1) is 21.2. The number of benzene rings is 3. The molecule has 4 rings (SSSR count). The minimum Gasteiger partial charge on any atom is -0.507 e. The molecule has 2 amide bonds. The van der Waals surface area contributed by atoms with Crippen LogP contribution in [0.5, 0.6) is 5.75 Å². The monoisotopic (exact) mass is 453 g/mol. The molecule has 0 bridgehead atoms. The molecule has 0 aliphatic carbocycles. The smallest absolute Gasteiger partial charge is 0.293 e. The van der Waals surface area contributed by atoms with E-state index in [2.05, 4.69) is 0 Å². The van der Waals surface area contributed by atoms with Crippen LogP contribution in [0, 0.1) is 5.82 Å². The number of hydrogen-bond acceptors (Lipinski definition) is 4. The number of carbonyl (C=O) groups excluding carboxylic acids is 2. The molecule has 4 nitrogen and oxygen atoms in total. The van der Waals surface area contributed by atoms with Gasteiger partial charge in [-0.05, 0) is 71.3 Å². The van der Waals surface area contributed by atoms with Crippen LogP contribution in [0.4, 0.5) is 9.18 Å². The summed E-state index contributed by atoms with van der Waals surface area (Å²) in [6.07, 6.45) is 2.08. The fourth-order valence-corrected chi connectivity index (χ4v) is 4.27. The van der Waals surface area contributed by atoms with E-state index in [-0.39, 0.29) is 23.0 Å². The van der Waals surface area contributed by atoms with Crippen molar-refractivity contribution in [3.8, 4) is 5.75 Å². The number of nitrogens with zero attached hydrogens (tertiary/aromatic N) is 1. The summed E-state index contributed by atoms with van der Waals surface area (Å²) >= 11 is 7.05. The molecule has 1 saturated heterocycles. The molecule has 3 aromatic carbocycles. The van der Waals surface area contributed by atoms with Gasteiger partial charge in [0.25, 0.3) is 11.1 Å². The third-order valence-corrected chi connectivity index (χ3v) is 6.13. The first-order chi connectivity index (χ1) is 14.9. The van der Waals surface area contributed by atoms with Crippen LogP contribution < -0.4 is 0 Å². The van der Waals surface area contributed by atoms with E-state index in [9.17, 15) is 19.1 Å². The SMILES string of the molecule is O=C1S/C(=C\c2cc(Cc3ccccc3Cl)ccc2O)C(=O)N1Cc1ccc(F)cc1. The van der Waals surface area contributed by atoms with E-state index >= 15 is 0 Å². The van der Waals surface area contributed by atoms with E-state index in [4.69, 9.17) is 11.6 Å². The molecule has 1 N–H and O–H groups in total. The first-order valence-corrected chi connectivity index (χ1v) is 10.7. The van der Waals surface area contributed by atoms with E-state index in [1.165, 1.54) is 30.3 Å². The number of carbonyl (C=O) groups is 2. The van der Waals surface area contributed by atoms with Crippen LogP contribution in [0.15, 0.2) is 71.6 Å². The molecule has 1 fully saturated rings. The Balaban J connectivity index is 1.56. The summed E-state index contributed by atoms with van der Waals surface area (Å²) in [6, 6.07) is 18.3. The lowest BCUT2D eigenvalue weighted by atomic mass is 10.0. The molecule has 0 spiro atoms. The average molecular weight is 454 g/mol. The molecule has 7 heteroatoms. The van der Waals surface area contributed by atoms with Gasteiger partial charge in [-0.15, -0.1) is 0 Å². The highest BCUT2D eigenvalue weighted by atomic mass is 35.5. The summed E-state index contributed by atoms with van der Waals surface area (Å²) in [6.45, 7) is 0.0564. The summed E-state index contributed by atoms with van der Waals surface area (Å²) in [7, 11) is 0. The van der Waals surface area contributed by atoms with Gasteiger partial charge in [-0.1, -0.05) is 48.0 Å². The van der Waals surface area contributed by atoms with Crippen molar-refractivity contribution in [2.24, 2.45) is 0 Å². The van der Waals surface area contributed by atoms with E-state index in [0.717, 1.165) is 27.8 Å². The van der Waals surface area contributed by atoms with E-state index in [1.807, 2.05) is 24.3 Å². The Labute approximate surface area is 188 Å². The third-order valence-electron chi connectivity index (χ3n) is 4.86. The van der Waals surface area contributed by atoms with Gasteiger partial charge in [-0.3, -0.25) is 14.5 Å². The maximum atomic E-state index is 13.1. The lowest BCUT2D eigenvalue weighted by molar-refractivity contribution is -0.123. The van der Waals surface area contributed by atoms with E-state index < -0.39 is 11.1 Å². The highest BCUT2D eigenvalue weighted by molar-refractivity contribution is 8.18. The predicted octanol–water partition coefficient (Wildman–Crippen LogP) is 6.01. The maximum absolute atomic E-state index is 13.1. The summed E-state index contributed by atoms with van der Waals surface area (Å²) in [5.41, 5.74) is 2.94. The zero-order valence-corrected chi connectivity index (χ0v) is 17.8. The van der Waals surface area contributed by atoms with Gasteiger partial charge < -0.3 is 5.11 Å². The minimum absolute atomic E-state index is 0.00763. The van der Waals surface area contributed by atoms with Crippen molar-refractivity contribution >= 4 is 40.6 Å². The molecular weight excluding hydrogens is 437 g/mol. The normalized spacial score (nSPS) is 15.2. The maximum Gasteiger partial charge on any atom is 0.293 e. The van der Waals surface area contributed by atoms with E-state index in [0.29, 0.717) is 22.6 Å². The first-order valence-electron chi connectivity index (χ1n) is 9.46. The van der Waals surface area contributed by atoms with Crippen LogP contribution in [-0.2, 0) is 17.8 Å². The average Bonchev–Trinajstić information content (AvgIpc) is 3.01. The van der Waals surface area contributed by atoms with Crippen molar-refractivity contribution in [3.63, 3.8) is 0 Å². The quantitative estimate of drug-likeness (QED) is 0.480. The number of hydrogen-bond donors (Lipinski definition) is 1. The molecule has 0 atom stereocenters. The van der Waals surface area contributed by atoms with E-state index in [1.54, 1.807) is 18.2 Å². The zero-order chi connectivity index (χ0) is 22.0. The zero-order valence-electron chi connectivity index (χ0n) is 16.2. The fourth-order valence-electron chi connectivity index (χ4n) is 3.24. The summed E-state index contributed by atoms with van der Waals surface area (Å²) in [5, 5.41) is 10.5. The number of halogens is 2. The molecule has 0 radical (unpaired) electrons. The number of phenolic OH excluding ortho intramolecular Hbond substituents is 1.